The number of para-hydroxylation sites is 2. The number of anilines is 2. The number of thioether (sulfide) groups is 1. The SMILES string of the molecule is C=CCOc1ccc(NC(=O)CN(c2ccccc2OCC)S(=O)(=O)c2ccc(SC)cc2)cc1. The fourth-order valence-electron chi connectivity index (χ4n) is 3.24. The minimum absolute atomic E-state index is 0.0816. The minimum Gasteiger partial charge on any atom is -0.492 e. The molecule has 0 spiro atoms. The summed E-state index contributed by atoms with van der Waals surface area (Å²) in [6.07, 6.45) is 3.55. The first-order chi connectivity index (χ1) is 16.9. The molecule has 0 atom stereocenters. The van der Waals surface area contributed by atoms with Crippen molar-refractivity contribution >= 4 is 39.1 Å². The summed E-state index contributed by atoms with van der Waals surface area (Å²) in [5, 5.41) is 2.75. The average Bonchev–Trinajstić information content (AvgIpc) is 2.87. The molecular weight excluding hydrogens is 484 g/mol. The van der Waals surface area contributed by atoms with Crippen LogP contribution in [0.25, 0.3) is 0 Å². The zero-order chi connectivity index (χ0) is 25.3. The maximum atomic E-state index is 13.7. The fourth-order valence-corrected chi connectivity index (χ4v) is 5.08. The molecule has 0 bridgehead atoms. The van der Waals surface area contributed by atoms with Gasteiger partial charge >= 0.3 is 0 Å². The van der Waals surface area contributed by atoms with Gasteiger partial charge in [0.05, 0.1) is 17.2 Å². The molecule has 0 saturated carbocycles. The second-order valence-corrected chi connectivity index (χ2v) is 10.0. The van der Waals surface area contributed by atoms with Crippen molar-refractivity contribution in [1.82, 2.24) is 0 Å². The van der Waals surface area contributed by atoms with E-state index in [4.69, 9.17) is 9.47 Å². The van der Waals surface area contributed by atoms with E-state index in [2.05, 4.69) is 11.9 Å². The third-order valence-electron chi connectivity index (χ3n) is 4.87. The number of carbonyl (C=O) groups excluding carboxylic acids is 1. The highest BCUT2D eigenvalue weighted by Crippen LogP contribution is 2.33. The summed E-state index contributed by atoms with van der Waals surface area (Å²) in [5.41, 5.74) is 0.798. The van der Waals surface area contributed by atoms with Gasteiger partial charge in [-0.2, -0.15) is 0 Å². The number of carbonyl (C=O) groups is 1. The van der Waals surface area contributed by atoms with Gasteiger partial charge in [-0.1, -0.05) is 24.8 Å². The smallest absolute Gasteiger partial charge is 0.264 e. The van der Waals surface area contributed by atoms with Crippen LogP contribution in [0.4, 0.5) is 11.4 Å². The first-order valence-electron chi connectivity index (χ1n) is 10.9. The van der Waals surface area contributed by atoms with E-state index in [-0.39, 0.29) is 10.6 Å². The second kappa shape index (κ2) is 12.3. The van der Waals surface area contributed by atoms with Gasteiger partial charge < -0.3 is 14.8 Å². The van der Waals surface area contributed by atoms with E-state index >= 15 is 0 Å². The highest BCUT2D eigenvalue weighted by molar-refractivity contribution is 7.98. The third-order valence-corrected chi connectivity index (χ3v) is 7.39. The molecule has 1 amide bonds. The van der Waals surface area contributed by atoms with Crippen LogP contribution in [0.5, 0.6) is 11.5 Å². The summed E-state index contributed by atoms with van der Waals surface area (Å²) in [6.45, 7) is 5.70. The molecule has 3 aromatic carbocycles. The number of nitrogens with one attached hydrogen (secondary N) is 1. The maximum absolute atomic E-state index is 13.7. The Morgan fingerprint density at radius 2 is 1.71 bits per heavy atom. The average molecular weight is 513 g/mol. The van der Waals surface area contributed by atoms with Crippen LogP contribution in [0, 0.1) is 0 Å². The lowest BCUT2D eigenvalue weighted by Crippen LogP contribution is -2.38. The van der Waals surface area contributed by atoms with Crippen molar-refractivity contribution in [2.45, 2.75) is 16.7 Å². The van der Waals surface area contributed by atoms with Gasteiger partial charge in [-0.3, -0.25) is 9.10 Å². The van der Waals surface area contributed by atoms with Gasteiger partial charge in [0, 0.05) is 10.6 Å². The molecule has 0 radical (unpaired) electrons. The Bertz CT molecular complexity index is 1240. The lowest BCUT2D eigenvalue weighted by molar-refractivity contribution is -0.114. The molecule has 0 aliphatic carbocycles. The molecule has 0 aliphatic heterocycles. The van der Waals surface area contributed by atoms with E-state index < -0.39 is 22.5 Å². The van der Waals surface area contributed by atoms with Crippen molar-refractivity contribution in [3.8, 4) is 11.5 Å². The molecule has 0 aliphatic rings. The third kappa shape index (κ3) is 6.80. The summed E-state index contributed by atoms with van der Waals surface area (Å²) >= 11 is 1.51. The summed E-state index contributed by atoms with van der Waals surface area (Å²) in [7, 11) is -4.07. The molecule has 184 valence electrons. The molecule has 0 aromatic heterocycles. The zero-order valence-electron chi connectivity index (χ0n) is 19.6. The highest BCUT2D eigenvalue weighted by Gasteiger charge is 2.29. The molecule has 1 N–H and O–H groups in total. The second-order valence-electron chi connectivity index (χ2n) is 7.26. The lowest BCUT2D eigenvalue weighted by Gasteiger charge is -2.26. The van der Waals surface area contributed by atoms with Gasteiger partial charge in [-0.15, -0.1) is 11.8 Å². The molecule has 35 heavy (non-hydrogen) atoms. The van der Waals surface area contributed by atoms with Gasteiger partial charge in [0.1, 0.15) is 24.7 Å². The van der Waals surface area contributed by atoms with E-state index in [1.54, 1.807) is 66.7 Å². The van der Waals surface area contributed by atoms with Crippen LogP contribution in [-0.4, -0.2) is 40.3 Å². The van der Waals surface area contributed by atoms with Crippen LogP contribution in [0.15, 0.2) is 95.2 Å². The van der Waals surface area contributed by atoms with E-state index in [0.29, 0.717) is 30.4 Å². The van der Waals surface area contributed by atoms with Gasteiger partial charge in [-0.05, 0) is 73.8 Å². The Hall–Kier alpha value is -3.43. The Morgan fingerprint density at radius 3 is 2.34 bits per heavy atom. The number of rotatable bonds is 12. The van der Waals surface area contributed by atoms with Crippen molar-refractivity contribution in [3.05, 3.63) is 85.5 Å². The number of hydrogen-bond donors (Lipinski definition) is 1. The van der Waals surface area contributed by atoms with Crippen LogP contribution in [-0.2, 0) is 14.8 Å². The Kier molecular flexibility index (Phi) is 9.22. The number of sulfonamides is 1. The predicted octanol–water partition coefficient (Wildman–Crippen LogP) is 5.21. The number of benzene rings is 3. The maximum Gasteiger partial charge on any atom is 0.264 e. The highest BCUT2D eigenvalue weighted by atomic mass is 32.2. The molecular formula is C26H28N2O5S2. The lowest BCUT2D eigenvalue weighted by atomic mass is 10.3. The van der Waals surface area contributed by atoms with Crippen LogP contribution >= 0.6 is 11.8 Å². The quantitative estimate of drug-likeness (QED) is 0.265. The topological polar surface area (TPSA) is 84.9 Å². The fraction of sp³-hybridized carbons (Fsp3) is 0.192. The molecule has 3 rings (SSSR count). The summed E-state index contributed by atoms with van der Waals surface area (Å²) in [4.78, 5) is 14.0. The van der Waals surface area contributed by atoms with E-state index in [1.807, 2.05) is 13.2 Å². The van der Waals surface area contributed by atoms with Gasteiger partial charge in [-0.25, -0.2) is 8.42 Å². The number of amides is 1. The van der Waals surface area contributed by atoms with E-state index in [0.717, 1.165) is 9.20 Å². The van der Waals surface area contributed by atoms with Crippen LogP contribution in [0.1, 0.15) is 6.92 Å². The van der Waals surface area contributed by atoms with Gasteiger partial charge in [0.15, 0.2) is 0 Å². The monoisotopic (exact) mass is 512 g/mol. The first-order valence-corrected chi connectivity index (χ1v) is 13.6. The van der Waals surface area contributed by atoms with E-state index in [9.17, 15) is 13.2 Å². The molecule has 0 heterocycles. The van der Waals surface area contributed by atoms with E-state index in [1.165, 1.54) is 23.9 Å². The molecule has 0 saturated heterocycles. The Balaban J connectivity index is 1.91. The molecule has 0 fully saturated rings. The van der Waals surface area contributed by atoms with Crippen molar-refractivity contribution in [2.24, 2.45) is 0 Å². The molecule has 9 heteroatoms. The predicted molar refractivity (Wildman–Crippen MR) is 141 cm³/mol. The summed E-state index contributed by atoms with van der Waals surface area (Å²) in [5.74, 6) is 0.502. The van der Waals surface area contributed by atoms with Crippen molar-refractivity contribution < 1.29 is 22.7 Å². The van der Waals surface area contributed by atoms with Crippen LogP contribution < -0.4 is 19.1 Å². The van der Waals surface area contributed by atoms with Crippen LogP contribution in [0.3, 0.4) is 0 Å². The Labute approximate surface area is 210 Å². The van der Waals surface area contributed by atoms with Gasteiger partial charge in [0.25, 0.3) is 10.0 Å². The van der Waals surface area contributed by atoms with Crippen LogP contribution in [0.2, 0.25) is 0 Å². The number of ether oxygens (including phenoxy) is 2. The number of nitrogens with zero attached hydrogens (tertiary/aromatic N) is 1. The number of hydrogen-bond acceptors (Lipinski definition) is 6. The summed E-state index contributed by atoms with van der Waals surface area (Å²) in [6, 6.07) is 20.1. The standard InChI is InChI=1S/C26H28N2O5S2/c1-4-18-33-21-12-10-20(11-13-21)27-26(29)19-28(24-8-6-7-9-25(24)32-5-2)35(30,31)23-16-14-22(34-3)15-17-23/h4,6-17H,1,5,18-19H2,2-3H3,(H,27,29). The van der Waals surface area contributed by atoms with Crippen molar-refractivity contribution in [3.63, 3.8) is 0 Å². The Morgan fingerprint density at radius 1 is 1.03 bits per heavy atom. The summed E-state index contributed by atoms with van der Waals surface area (Å²) < 4.78 is 39.6. The van der Waals surface area contributed by atoms with Gasteiger partial charge in [0.2, 0.25) is 5.91 Å². The molecule has 3 aromatic rings. The first kappa shape index (κ1) is 26.2. The largest absolute Gasteiger partial charge is 0.492 e. The zero-order valence-corrected chi connectivity index (χ0v) is 21.3. The normalized spacial score (nSPS) is 10.9. The molecule has 7 nitrogen and oxygen atoms in total. The minimum atomic E-state index is -4.07. The van der Waals surface area contributed by atoms with Crippen molar-refractivity contribution in [2.75, 3.05) is 35.6 Å². The molecule has 0 unspecified atom stereocenters. The van der Waals surface area contributed by atoms with Crippen molar-refractivity contribution in [1.29, 1.82) is 0 Å².